The number of piperidine rings is 1. The zero-order valence-corrected chi connectivity index (χ0v) is 14.2. The molecule has 1 aromatic carbocycles. The first-order chi connectivity index (χ1) is 12.5. The zero-order chi connectivity index (χ0) is 18.7. The van der Waals surface area contributed by atoms with Gasteiger partial charge in [0.2, 0.25) is 11.8 Å². The summed E-state index contributed by atoms with van der Waals surface area (Å²) in [5.41, 5.74) is 2.48. The SMILES string of the molecule is O=NC(=O)CCCCc1ccc2c(c1)CN(C1CCC(=O)NC1=O)C2=O. The lowest BCUT2D eigenvalue weighted by molar-refractivity contribution is -0.137. The van der Waals surface area contributed by atoms with Gasteiger partial charge >= 0.3 is 0 Å². The second kappa shape index (κ2) is 7.55. The largest absolute Gasteiger partial charge is 0.322 e. The summed E-state index contributed by atoms with van der Waals surface area (Å²) in [6.45, 7) is 0.349. The van der Waals surface area contributed by atoms with E-state index in [0.717, 1.165) is 24.0 Å². The average molecular weight is 357 g/mol. The average Bonchev–Trinajstić information content (AvgIpc) is 2.94. The van der Waals surface area contributed by atoms with E-state index >= 15 is 0 Å². The summed E-state index contributed by atoms with van der Waals surface area (Å²) in [5.74, 6) is -1.55. The summed E-state index contributed by atoms with van der Waals surface area (Å²) in [5, 5.41) is 4.65. The summed E-state index contributed by atoms with van der Waals surface area (Å²) < 4.78 is 0. The second-order valence-electron chi connectivity index (χ2n) is 6.58. The monoisotopic (exact) mass is 357 g/mol. The molecule has 1 atom stereocenters. The van der Waals surface area contributed by atoms with E-state index in [1.807, 2.05) is 12.1 Å². The molecule has 1 aromatic rings. The van der Waals surface area contributed by atoms with Crippen LogP contribution < -0.4 is 5.32 Å². The number of aryl methyl sites for hydroxylation is 1. The predicted octanol–water partition coefficient (Wildman–Crippen LogP) is 1.45. The molecule has 1 N–H and O–H groups in total. The molecule has 0 saturated carbocycles. The number of imide groups is 1. The fourth-order valence-electron chi connectivity index (χ4n) is 3.43. The maximum atomic E-state index is 12.6. The van der Waals surface area contributed by atoms with Gasteiger partial charge in [-0.2, -0.15) is 0 Å². The Hall–Kier alpha value is -2.90. The molecule has 2 heterocycles. The van der Waals surface area contributed by atoms with Crippen molar-refractivity contribution in [1.29, 1.82) is 0 Å². The first-order valence-electron chi connectivity index (χ1n) is 8.62. The van der Waals surface area contributed by atoms with Gasteiger partial charge in [0.15, 0.2) is 0 Å². The number of nitrogens with zero attached hydrogens (tertiary/aromatic N) is 2. The smallest absolute Gasteiger partial charge is 0.286 e. The maximum absolute atomic E-state index is 12.6. The van der Waals surface area contributed by atoms with Gasteiger partial charge in [-0.05, 0) is 42.9 Å². The lowest BCUT2D eigenvalue weighted by Crippen LogP contribution is -2.52. The second-order valence-corrected chi connectivity index (χ2v) is 6.58. The quantitative estimate of drug-likeness (QED) is 0.470. The van der Waals surface area contributed by atoms with Crippen LogP contribution in [0.1, 0.15) is 53.6 Å². The van der Waals surface area contributed by atoms with Crippen LogP contribution in [0.3, 0.4) is 0 Å². The standard InChI is InChI=1S/C18H19N3O5/c22-15-8-7-14(17(24)19-15)21-10-12-9-11(5-6-13(12)18(21)25)3-1-2-4-16(23)20-26/h5-6,9,14H,1-4,7-8,10H2,(H,19,22,24). The Morgan fingerprint density at radius 3 is 2.77 bits per heavy atom. The van der Waals surface area contributed by atoms with Crippen molar-refractivity contribution < 1.29 is 19.2 Å². The molecular formula is C18H19N3O5. The normalized spacial score (nSPS) is 19.3. The van der Waals surface area contributed by atoms with Gasteiger partial charge in [0.1, 0.15) is 6.04 Å². The Balaban J connectivity index is 1.63. The highest BCUT2D eigenvalue weighted by molar-refractivity contribution is 6.05. The van der Waals surface area contributed by atoms with Crippen LogP contribution >= 0.6 is 0 Å². The van der Waals surface area contributed by atoms with E-state index in [4.69, 9.17) is 0 Å². The van der Waals surface area contributed by atoms with Gasteiger partial charge in [-0.1, -0.05) is 12.1 Å². The van der Waals surface area contributed by atoms with E-state index in [9.17, 15) is 24.1 Å². The minimum Gasteiger partial charge on any atom is -0.322 e. The van der Waals surface area contributed by atoms with E-state index < -0.39 is 17.9 Å². The Labute approximate surface area is 149 Å². The van der Waals surface area contributed by atoms with Crippen LogP contribution in [0.4, 0.5) is 0 Å². The highest BCUT2D eigenvalue weighted by Gasteiger charge is 2.38. The van der Waals surface area contributed by atoms with Gasteiger partial charge < -0.3 is 4.90 Å². The first-order valence-corrected chi connectivity index (χ1v) is 8.62. The third kappa shape index (κ3) is 3.68. The topological polar surface area (TPSA) is 113 Å². The Bertz CT molecular complexity index is 789. The minimum absolute atomic E-state index is 0.149. The third-order valence-corrected chi connectivity index (χ3v) is 4.80. The van der Waals surface area contributed by atoms with E-state index in [1.165, 1.54) is 4.90 Å². The number of fused-ring (bicyclic) bond motifs is 1. The lowest BCUT2D eigenvalue weighted by atomic mass is 10.0. The van der Waals surface area contributed by atoms with Crippen molar-refractivity contribution in [1.82, 2.24) is 10.2 Å². The summed E-state index contributed by atoms with van der Waals surface area (Å²) in [7, 11) is 0. The Morgan fingerprint density at radius 2 is 2.04 bits per heavy atom. The molecule has 2 aliphatic rings. The lowest BCUT2D eigenvalue weighted by Gasteiger charge is -2.29. The Kier molecular flexibility index (Phi) is 5.20. The van der Waals surface area contributed by atoms with E-state index in [2.05, 4.69) is 10.5 Å². The highest BCUT2D eigenvalue weighted by Crippen LogP contribution is 2.28. The molecule has 0 bridgehead atoms. The van der Waals surface area contributed by atoms with Crippen LogP contribution in [0.15, 0.2) is 23.4 Å². The molecular weight excluding hydrogens is 338 g/mol. The predicted molar refractivity (Wildman–Crippen MR) is 90.8 cm³/mol. The van der Waals surface area contributed by atoms with Gasteiger partial charge in [0, 0.05) is 30.1 Å². The van der Waals surface area contributed by atoms with Crippen molar-refractivity contribution in [2.45, 2.75) is 51.1 Å². The van der Waals surface area contributed by atoms with Gasteiger partial charge in [0.25, 0.3) is 11.8 Å². The molecule has 1 saturated heterocycles. The molecule has 2 aliphatic heterocycles. The molecule has 26 heavy (non-hydrogen) atoms. The summed E-state index contributed by atoms with van der Waals surface area (Å²) in [6, 6.07) is 4.96. The molecule has 4 amide bonds. The van der Waals surface area contributed by atoms with Crippen LogP contribution in [-0.2, 0) is 27.3 Å². The van der Waals surface area contributed by atoms with E-state index in [0.29, 0.717) is 24.9 Å². The summed E-state index contributed by atoms with van der Waals surface area (Å²) in [4.78, 5) is 58.3. The molecule has 0 aliphatic carbocycles. The van der Waals surface area contributed by atoms with Crippen LogP contribution in [0.5, 0.6) is 0 Å². The fourth-order valence-corrected chi connectivity index (χ4v) is 3.43. The number of hydrogen-bond donors (Lipinski definition) is 1. The van der Waals surface area contributed by atoms with Crippen LogP contribution in [-0.4, -0.2) is 34.6 Å². The number of rotatable bonds is 6. The zero-order valence-electron chi connectivity index (χ0n) is 14.2. The van der Waals surface area contributed by atoms with Crippen molar-refractivity contribution in [2.75, 3.05) is 0 Å². The van der Waals surface area contributed by atoms with Gasteiger partial charge in [-0.25, -0.2) is 0 Å². The molecule has 8 heteroatoms. The highest BCUT2D eigenvalue weighted by atomic mass is 16.3. The van der Waals surface area contributed by atoms with Crippen LogP contribution in [0, 0.1) is 4.91 Å². The number of unbranched alkanes of at least 4 members (excludes halogenated alkanes) is 1. The molecule has 0 aromatic heterocycles. The number of hydrogen-bond acceptors (Lipinski definition) is 5. The van der Waals surface area contributed by atoms with Crippen LogP contribution in [0.2, 0.25) is 0 Å². The number of nitrogens with one attached hydrogen (secondary N) is 1. The van der Waals surface area contributed by atoms with E-state index in [-0.39, 0.29) is 24.7 Å². The molecule has 136 valence electrons. The summed E-state index contributed by atoms with van der Waals surface area (Å²) in [6.07, 6.45) is 2.78. The Morgan fingerprint density at radius 1 is 1.23 bits per heavy atom. The number of nitroso groups, excluding NO2 is 1. The molecule has 1 fully saturated rings. The third-order valence-electron chi connectivity index (χ3n) is 4.80. The number of amides is 4. The number of carbonyl (C=O) groups excluding carboxylic acids is 4. The van der Waals surface area contributed by atoms with Crippen molar-refractivity contribution in [3.05, 3.63) is 39.8 Å². The van der Waals surface area contributed by atoms with Gasteiger partial charge in [-0.3, -0.25) is 24.5 Å². The molecule has 0 spiro atoms. The summed E-state index contributed by atoms with van der Waals surface area (Å²) >= 11 is 0. The number of carbonyl (C=O) groups is 4. The molecule has 8 nitrogen and oxygen atoms in total. The van der Waals surface area contributed by atoms with Crippen molar-refractivity contribution in [3.8, 4) is 0 Å². The van der Waals surface area contributed by atoms with Crippen molar-refractivity contribution >= 4 is 23.6 Å². The van der Waals surface area contributed by atoms with Crippen LogP contribution in [0.25, 0.3) is 0 Å². The van der Waals surface area contributed by atoms with E-state index in [1.54, 1.807) is 6.07 Å². The fraction of sp³-hybridized carbons (Fsp3) is 0.444. The number of benzene rings is 1. The molecule has 3 rings (SSSR count). The van der Waals surface area contributed by atoms with Gasteiger partial charge in [-0.15, -0.1) is 4.91 Å². The van der Waals surface area contributed by atoms with Crippen molar-refractivity contribution in [2.24, 2.45) is 5.18 Å². The minimum atomic E-state index is -0.635. The van der Waals surface area contributed by atoms with Gasteiger partial charge in [0.05, 0.1) is 0 Å². The molecule has 1 unspecified atom stereocenters. The van der Waals surface area contributed by atoms with Crippen molar-refractivity contribution in [3.63, 3.8) is 0 Å². The molecule has 0 radical (unpaired) electrons. The maximum Gasteiger partial charge on any atom is 0.286 e. The first kappa shape index (κ1) is 17.9.